The maximum Gasteiger partial charge on any atom is 0.416 e. The van der Waals surface area contributed by atoms with Gasteiger partial charge in [-0.3, -0.25) is 0 Å². The molecular weight excluding hydrogens is 279 g/mol. The lowest BCUT2D eigenvalue weighted by Gasteiger charge is -2.17. The first-order valence-electron chi connectivity index (χ1n) is 6.48. The highest BCUT2D eigenvalue weighted by molar-refractivity contribution is 5.48. The maximum absolute atomic E-state index is 12.7. The summed E-state index contributed by atoms with van der Waals surface area (Å²) in [6, 6.07) is 12.3. The number of hydrogen-bond acceptors (Lipinski definition) is 2. The molecule has 5 heteroatoms. The molecule has 0 aliphatic heterocycles. The highest BCUT2D eigenvalue weighted by atomic mass is 19.4. The van der Waals surface area contributed by atoms with E-state index in [0.29, 0.717) is 5.56 Å². The van der Waals surface area contributed by atoms with Gasteiger partial charge in [0.05, 0.1) is 12.7 Å². The monoisotopic (exact) mass is 295 g/mol. The molecule has 2 aromatic carbocycles. The van der Waals surface area contributed by atoms with Gasteiger partial charge in [0, 0.05) is 11.7 Å². The van der Waals surface area contributed by atoms with E-state index in [1.165, 1.54) is 12.1 Å². The van der Waals surface area contributed by atoms with Crippen LogP contribution in [0.5, 0.6) is 5.75 Å². The van der Waals surface area contributed by atoms with Gasteiger partial charge in [0.25, 0.3) is 0 Å². The largest absolute Gasteiger partial charge is 0.497 e. The maximum atomic E-state index is 12.7. The second kappa shape index (κ2) is 6.08. The van der Waals surface area contributed by atoms with Crippen LogP contribution in [0.25, 0.3) is 0 Å². The van der Waals surface area contributed by atoms with Crippen LogP contribution in [0.3, 0.4) is 0 Å². The summed E-state index contributed by atoms with van der Waals surface area (Å²) >= 11 is 0. The van der Waals surface area contributed by atoms with Gasteiger partial charge in [-0.05, 0) is 48.9 Å². The molecule has 21 heavy (non-hydrogen) atoms. The number of hydrogen-bond donors (Lipinski definition) is 1. The van der Waals surface area contributed by atoms with Gasteiger partial charge in [0.1, 0.15) is 5.75 Å². The van der Waals surface area contributed by atoms with Crippen molar-refractivity contribution in [3.05, 3.63) is 59.7 Å². The molecule has 0 aliphatic rings. The fraction of sp³-hybridized carbons (Fsp3) is 0.250. The molecule has 0 radical (unpaired) electrons. The van der Waals surface area contributed by atoms with Crippen LogP contribution in [0.15, 0.2) is 48.5 Å². The Hall–Kier alpha value is -2.17. The van der Waals surface area contributed by atoms with E-state index < -0.39 is 11.7 Å². The fourth-order valence-electron chi connectivity index (χ4n) is 2.00. The Morgan fingerprint density at radius 2 is 1.71 bits per heavy atom. The zero-order valence-electron chi connectivity index (χ0n) is 11.7. The lowest BCUT2D eigenvalue weighted by molar-refractivity contribution is -0.137. The van der Waals surface area contributed by atoms with Crippen molar-refractivity contribution in [2.75, 3.05) is 12.4 Å². The summed E-state index contributed by atoms with van der Waals surface area (Å²) in [5.41, 5.74) is 0.768. The molecule has 1 atom stereocenters. The first-order valence-corrected chi connectivity index (χ1v) is 6.48. The first kappa shape index (κ1) is 15.2. The predicted octanol–water partition coefficient (Wildman–Crippen LogP) is 4.89. The second-order valence-corrected chi connectivity index (χ2v) is 4.72. The van der Waals surface area contributed by atoms with E-state index in [-0.39, 0.29) is 6.04 Å². The predicted molar refractivity (Wildman–Crippen MR) is 76.5 cm³/mol. The fourth-order valence-corrected chi connectivity index (χ4v) is 2.00. The molecule has 2 aromatic rings. The molecule has 0 aliphatic carbocycles. The van der Waals surface area contributed by atoms with Gasteiger partial charge in [0.2, 0.25) is 0 Å². The molecule has 0 amide bonds. The van der Waals surface area contributed by atoms with Crippen LogP contribution in [0.1, 0.15) is 24.1 Å². The van der Waals surface area contributed by atoms with Crippen molar-refractivity contribution in [2.24, 2.45) is 0 Å². The molecule has 2 nitrogen and oxygen atoms in total. The summed E-state index contributed by atoms with van der Waals surface area (Å²) < 4.78 is 43.2. The van der Waals surface area contributed by atoms with E-state index in [9.17, 15) is 13.2 Å². The smallest absolute Gasteiger partial charge is 0.416 e. The van der Waals surface area contributed by atoms with Crippen LogP contribution < -0.4 is 10.1 Å². The Balaban J connectivity index is 2.14. The Kier molecular flexibility index (Phi) is 4.40. The molecule has 0 saturated heterocycles. The summed E-state index contributed by atoms with van der Waals surface area (Å²) in [5.74, 6) is 0.729. The molecule has 0 bridgehead atoms. The van der Waals surface area contributed by atoms with Crippen molar-refractivity contribution in [1.29, 1.82) is 0 Å². The van der Waals surface area contributed by atoms with E-state index in [2.05, 4.69) is 5.32 Å². The zero-order chi connectivity index (χ0) is 15.5. The molecule has 0 spiro atoms. The molecule has 1 N–H and O–H groups in total. The average Bonchev–Trinajstić information content (AvgIpc) is 2.47. The lowest BCUT2D eigenvalue weighted by Crippen LogP contribution is -2.10. The van der Waals surface area contributed by atoms with Crippen molar-refractivity contribution in [1.82, 2.24) is 0 Å². The summed E-state index contributed by atoms with van der Waals surface area (Å²) in [6.45, 7) is 1.82. The lowest BCUT2D eigenvalue weighted by atomic mass is 10.0. The third-order valence-electron chi connectivity index (χ3n) is 3.19. The van der Waals surface area contributed by atoms with Gasteiger partial charge < -0.3 is 10.1 Å². The Morgan fingerprint density at radius 3 is 2.29 bits per heavy atom. The second-order valence-electron chi connectivity index (χ2n) is 4.72. The number of alkyl halides is 3. The first-order chi connectivity index (χ1) is 9.90. The Bertz CT molecular complexity index is 593. The van der Waals surface area contributed by atoms with Crippen molar-refractivity contribution in [2.45, 2.75) is 19.1 Å². The normalized spacial score (nSPS) is 12.8. The topological polar surface area (TPSA) is 21.3 Å². The zero-order valence-corrected chi connectivity index (χ0v) is 11.7. The third-order valence-corrected chi connectivity index (χ3v) is 3.19. The number of benzene rings is 2. The Labute approximate surface area is 121 Å². The standard InChI is InChI=1S/C16H16F3NO/c1-11(20-14-6-8-15(21-2)9-7-14)12-4-3-5-13(10-12)16(17,18)19/h3-11,20H,1-2H3. The van der Waals surface area contributed by atoms with Crippen molar-refractivity contribution >= 4 is 5.69 Å². The van der Waals surface area contributed by atoms with Crippen LogP contribution in [0.2, 0.25) is 0 Å². The molecule has 0 fully saturated rings. The van der Waals surface area contributed by atoms with Crippen LogP contribution >= 0.6 is 0 Å². The van der Waals surface area contributed by atoms with Crippen LogP contribution in [0.4, 0.5) is 18.9 Å². The molecule has 2 rings (SSSR count). The van der Waals surface area contributed by atoms with Crippen LogP contribution in [0, 0.1) is 0 Å². The van der Waals surface area contributed by atoms with Crippen molar-refractivity contribution in [3.8, 4) is 5.75 Å². The summed E-state index contributed by atoms with van der Waals surface area (Å²) in [4.78, 5) is 0. The van der Waals surface area contributed by atoms with Crippen molar-refractivity contribution < 1.29 is 17.9 Å². The van der Waals surface area contributed by atoms with Gasteiger partial charge in [-0.1, -0.05) is 12.1 Å². The van der Waals surface area contributed by atoms with Crippen LogP contribution in [-0.4, -0.2) is 7.11 Å². The SMILES string of the molecule is COc1ccc(NC(C)c2cccc(C(F)(F)F)c2)cc1. The summed E-state index contributed by atoms with van der Waals surface area (Å²) in [7, 11) is 1.58. The minimum absolute atomic E-state index is 0.235. The van der Waals surface area contributed by atoms with Gasteiger partial charge in [-0.25, -0.2) is 0 Å². The van der Waals surface area contributed by atoms with Crippen LogP contribution in [-0.2, 0) is 6.18 Å². The molecule has 1 unspecified atom stereocenters. The van der Waals surface area contributed by atoms with E-state index in [1.54, 1.807) is 25.3 Å². The van der Waals surface area contributed by atoms with E-state index in [0.717, 1.165) is 17.5 Å². The quantitative estimate of drug-likeness (QED) is 0.867. The van der Waals surface area contributed by atoms with Crippen molar-refractivity contribution in [3.63, 3.8) is 0 Å². The Morgan fingerprint density at radius 1 is 1.05 bits per heavy atom. The average molecular weight is 295 g/mol. The third kappa shape index (κ3) is 3.90. The summed E-state index contributed by atoms with van der Waals surface area (Å²) in [6.07, 6.45) is -4.32. The number of methoxy groups -OCH3 is 1. The van der Waals surface area contributed by atoms with E-state index >= 15 is 0 Å². The number of anilines is 1. The minimum Gasteiger partial charge on any atom is -0.497 e. The summed E-state index contributed by atoms with van der Waals surface area (Å²) in [5, 5.41) is 3.17. The number of halogens is 3. The minimum atomic E-state index is -4.32. The number of nitrogens with one attached hydrogen (secondary N) is 1. The van der Waals surface area contributed by atoms with Gasteiger partial charge in [0.15, 0.2) is 0 Å². The van der Waals surface area contributed by atoms with Gasteiger partial charge in [-0.15, -0.1) is 0 Å². The molecule has 0 heterocycles. The number of rotatable bonds is 4. The van der Waals surface area contributed by atoms with E-state index in [1.807, 2.05) is 19.1 Å². The van der Waals surface area contributed by atoms with E-state index in [4.69, 9.17) is 4.74 Å². The van der Waals surface area contributed by atoms with Gasteiger partial charge >= 0.3 is 6.18 Å². The number of ether oxygens (including phenoxy) is 1. The molecule has 0 saturated carbocycles. The highest BCUT2D eigenvalue weighted by Gasteiger charge is 2.30. The highest BCUT2D eigenvalue weighted by Crippen LogP contribution is 2.31. The molecule has 0 aromatic heterocycles. The molecule has 112 valence electrons. The van der Waals surface area contributed by atoms with Gasteiger partial charge in [-0.2, -0.15) is 13.2 Å². The molecular formula is C16H16F3NO.